The van der Waals surface area contributed by atoms with Gasteiger partial charge in [-0.05, 0) is 25.8 Å². The van der Waals surface area contributed by atoms with Crippen LogP contribution in [0, 0.1) is 0 Å². The molecule has 15 heavy (non-hydrogen) atoms. The van der Waals surface area contributed by atoms with Gasteiger partial charge in [-0.15, -0.1) is 0 Å². The number of hydrogen-bond acceptors (Lipinski definition) is 4. The van der Waals surface area contributed by atoms with Crippen molar-refractivity contribution in [1.82, 2.24) is 20.1 Å². The van der Waals surface area contributed by atoms with E-state index in [-0.39, 0.29) is 6.04 Å². The molecule has 3 rings (SSSR count). The first-order valence-electron chi connectivity index (χ1n) is 5.75. The second-order valence-corrected chi connectivity index (χ2v) is 4.49. The summed E-state index contributed by atoms with van der Waals surface area (Å²) in [5.74, 6) is 2.48. The molecule has 0 bridgehead atoms. The number of fused-ring (bicyclic) bond motifs is 1. The van der Waals surface area contributed by atoms with Crippen LogP contribution in [0.4, 0.5) is 0 Å². The van der Waals surface area contributed by atoms with E-state index in [2.05, 4.69) is 15.4 Å². The van der Waals surface area contributed by atoms with E-state index in [1.807, 2.05) is 4.68 Å². The van der Waals surface area contributed by atoms with Crippen molar-refractivity contribution in [2.24, 2.45) is 5.73 Å². The summed E-state index contributed by atoms with van der Waals surface area (Å²) in [7, 11) is 0. The van der Waals surface area contributed by atoms with Gasteiger partial charge in [-0.3, -0.25) is 0 Å². The fourth-order valence-electron chi connectivity index (χ4n) is 2.45. The average Bonchev–Trinajstić information content (AvgIpc) is 2.86. The van der Waals surface area contributed by atoms with Crippen molar-refractivity contribution >= 4 is 0 Å². The molecule has 2 aliphatic rings. The third-order valence-electron chi connectivity index (χ3n) is 3.36. The van der Waals surface area contributed by atoms with Gasteiger partial charge < -0.3 is 11.1 Å². The van der Waals surface area contributed by atoms with Crippen molar-refractivity contribution < 1.29 is 0 Å². The van der Waals surface area contributed by atoms with Crippen LogP contribution in [0.2, 0.25) is 0 Å². The summed E-state index contributed by atoms with van der Waals surface area (Å²) in [6.45, 7) is 3.08. The molecule has 3 N–H and O–H groups in total. The Bertz CT molecular complexity index is 353. The largest absolute Gasteiger partial charge is 0.321 e. The molecule has 2 aliphatic heterocycles. The predicted molar refractivity (Wildman–Crippen MR) is 56.4 cm³/mol. The van der Waals surface area contributed by atoms with Crippen molar-refractivity contribution in [3.8, 4) is 0 Å². The molecule has 0 radical (unpaired) electrons. The summed E-state index contributed by atoms with van der Waals surface area (Å²) < 4.78 is 2.00. The van der Waals surface area contributed by atoms with Gasteiger partial charge in [-0.1, -0.05) is 0 Å². The Balaban J connectivity index is 1.90. The maximum absolute atomic E-state index is 6.02. The highest BCUT2D eigenvalue weighted by Gasteiger charge is 2.26. The quantitative estimate of drug-likeness (QED) is 0.687. The topological polar surface area (TPSA) is 68.8 Å². The molecule has 82 valence electrons. The van der Waals surface area contributed by atoms with Gasteiger partial charge in [0.25, 0.3) is 0 Å². The molecule has 0 spiro atoms. The van der Waals surface area contributed by atoms with Crippen LogP contribution in [0.25, 0.3) is 0 Å². The second kappa shape index (κ2) is 3.57. The number of aromatic nitrogens is 3. The van der Waals surface area contributed by atoms with Crippen LogP contribution >= 0.6 is 0 Å². The molecule has 1 aromatic rings. The van der Waals surface area contributed by atoms with E-state index >= 15 is 0 Å². The molecule has 5 heteroatoms. The third-order valence-corrected chi connectivity index (χ3v) is 3.36. The minimum atomic E-state index is 0.0920. The van der Waals surface area contributed by atoms with Crippen LogP contribution in [0.1, 0.15) is 42.9 Å². The Kier molecular flexibility index (Phi) is 2.21. The Labute approximate surface area is 89.1 Å². The normalized spacial score (nSPS) is 30.5. The lowest BCUT2D eigenvalue weighted by atomic mass is 10.1. The van der Waals surface area contributed by atoms with Gasteiger partial charge in [0, 0.05) is 19.0 Å². The lowest BCUT2D eigenvalue weighted by Crippen LogP contribution is -2.22. The van der Waals surface area contributed by atoms with E-state index < -0.39 is 0 Å². The van der Waals surface area contributed by atoms with E-state index in [0.717, 1.165) is 50.5 Å². The summed E-state index contributed by atoms with van der Waals surface area (Å²) in [6, 6.07) is 0.0920. The molecule has 0 aliphatic carbocycles. The molecule has 1 saturated heterocycles. The zero-order chi connectivity index (χ0) is 10.3. The molecule has 0 aromatic carbocycles. The standard InChI is InChI=1S/C10H17N5/c11-8-2-1-5-15-10(8)13-9(14-15)7-3-4-12-6-7/h7-8,12H,1-6,11H2. The van der Waals surface area contributed by atoms with E-state index in [1.54, 1.807) is 0 Å². The minimum absolute atomic E-state index is 0.0920. The van der Waals surface area contributed by atoms with Gasteiger partial charge >= 0.3 is 0 Å². The number of nitrogens with zero attached hydrogens (tertiary/aromatic N) is 3. The van der Waals surface area contributed by atoms with Crippen LogP contribution in [0.15, 0.2) is 0 Å². The van der Waals surface area contributed by atoms with Crippen molar-refractivity contribution in [2.45, 2.75) is 37.8 Å². The number of nitrogens with one attached hydrogen (secondary N) is 1. The third kappa shape index (κ3) is 1.55. The molecule has 2 unspecified atom stereocenters. The molecule has 0 amide bonds. The van der Waals surface area contributed by atoms with Crippen LogP contribution < -0.4 is 11.1 Å². The average molecular weight is 207 g/mol. The van der Waals surface area contributed by atoms with Crippen molar-refractivity contribution in [3.05, 3.63) is 11.6 Å². The van der Waals surface area contributed by atoms with Crippen molar-refractivity contribution in [3.63, 3.8) is 0 Å². The minimum Gasteiger partial charge on any atom is -0.321 e. The van der Waals surface area contributed by atoms with Gasteiger partial charge in [-0.25, -0.2) is 9.67 Å². The fourth-order valence-corrected chi connectivity index (χ4v) is 2.45. The van der Waals surface area contributed by atoms with Crippen LogP contribution in [-0.4, -0.2) is 27.9 Å². The molecule has 2 atom stereocenters. The first-order chi connectivity index (χ1) is 7.34. The predicted octanol–water partition coefficient (Wildman–Crippen LogP) is 0.149. The highest BCUT2D eigenvalue weighted by Crippen LogP contribution is 2.25. The molecule has 5 nitrogen and oxygen atoms in total. The molecule has 1 fully saturated rings. The second-order valence-electron chi connectivity index (χ2n) is 4.49. The monoisotopic (exact) mass is 207 g/mol. The van der Waals surface area contributed by atoms with Crippen LogP contribution in [-0.2, 0) is 6.54 Å². The zero-order valence-corrected chi connectivity index (χ0v) is 8.82. The fraction of sp³-hybridized carbons (Fsp3) is 0.800. The lowest BCUT2D eigenvalue weighted by molar-refractivity contribution is 0.421. The van der Waals surface area contributed by atoms with Crippen molar-refractivity contribution in [1.29, 1.82) is 0 Å². The van der Waals surface area contributed by atoms with Gasteiger partial charge in [0.1, 0.15) is 5.82 Å². The maximum atomic E-state index is 6.02. The summed E-state index contributed by atoms with van der Waals surface area (Å²) in [6.07, 6.45) is 3.32. The highest BCUT2D eigenvalue weighted by atomic mass is 15.4. The Morgan fingerprint density at radius 2 is 2.33 bits per heavy atom. The highest BCUT2D eigenvalue weighted by molar-refractivity contribution is 5.06. The number of hydrogen-bond donors (Lipinski definition) is 2. The number of aryl methyl sites for hydroxylation is 1. The lowest BCUT2D eigenvalue weighted by Gasteiger charge is -2.17. The van der Waals surface area contributed by atoms with E-state index in [4.69, 9.17) is 5.73 Å². The SMILES string of the molecule is NC1CCCn2nc(C3CCNC3)nc21. The maximum Gasteiger partial charge on any atom is 0.155 e. The smallest absolute Gasteiger partial charge is 0.155 e. The summed E-state index contributed by atoms with van der Waals surface area (Å²) in [5.41, 5.74) is 6.02. The zero-order valence-electron chi connectivity index (χ0n) is 8.82. The van der Waals surface area contributed by atoms with Gasteiger partial charge in [0.15, 0.2) is 5.82 Å². The van der Waals surface area contributed by atoms with Crippen LogP contribution in [0.3, 0.4) is 0 Å². The molecular formula is C10H17N5. The Hall–Kier alpha value is -0.940. The Morgan fingerprint density at radius 1 is 1.40 bits per heavy atom. The van der Waals surface area contributed by atoms with Gasteiger partial charge in [-0.2, -0.15) is 5.10 Å². The van der Waals surface area contributed by atoms with Crippen molar-refractivity contribution in [2.75, 3.05) is 13.1 Å². The molecule has 3 heterocycles. The first-order valence-corrected chi connectivity index (χ1v) is 5.75. The van der Waals surface area contributed by atoms with Gasteiger partial charge in [0.05, 0.1) is 6.04 Å². The first kappa shape index (κ1) is 9.30. The van der Waals surface area contributed by atoms with E-state index in [1.165, 1.54) is 0 Å². The summed E-state index contributed by atoms with van der Waals surface area (Å²) in [4.78, 5) is 4.60. The Morgan fingerprint density at radius 3 is 3.07 bits per heavy atom. The molecule has 1 aromatic heterocycles. The number of nitrogens with two attached hydrogens (primary N) is 1. The van der Waals surface area contributed by atoms with E-state index in [9.17, 15) is 0 Å². The summed E-state index contributed by atoms with van der Waals surface area (Å²) >= 11 is 0. The summed E-state index contributed by atoms with van der Waals surface area (Å²) in [5, 5.41) is 7.91. The molecule has 0 saturated carbocycles. The number of rotatable bonds is 1. The van der Waals surface area contributed by atoms with Gasteiger partial charge in [0.2, 0.25) is 0 Å². The van der Waals surface area contributed by atoms with Crippen LogP contribution in [0.5, 0.6) is 0 Å². The van der Waals surface area contributed by atoms with E-state index in [0.29, 0.717) is 5.92 Å². The molecular weight excluding hydrogens is 190 g/mol.